The molecule has 7 heteroatoms. The molecule has 2 atom stereocenters. The van der Waals surface area contributed by atoms with E-state index in [1.807, 2.05) is 20.8 Å². The van der Waals surface area contributed by atoms with Gasteiger partial charge in [0.1, 0.15) is 5.75 Å². The molecule has 0 fully saturated rings. The Labute approximate surface area is 140 Å². The maximum atomic E-state index is 12.0. The monoisotopic (exact) mass is 334 g/mol. The fraction of sp³-hybridized carbons (Fsp3) is 0.471. The van der Waals surface area contributed by atoms with E-state index in [0.29, 0.717) is 11.4 Å². The molecule has 0 unspecified atom stereocenters. The van der Waals surface area contributed by atoms with Gasteiger partial charge in [-0.1, -0.05) is 12.1 Å². The lowest BCUT2D eigenvalue weighted by Crippen LogP contribution is -2.46. The van der Waals surface area contributed by atoms with E-state index in [9.17, 15) is 14.4 Å². The zero-order chi connectivity index (χ0) is 17.9. The third kappa shape index (κ3) is 4.71. The summed E-state index contributed by atoms with van der Waals surface area (Å²) in [4.78, 5) is 35.9. The Morgan fingerprint density at radius 2 is 2.00 bits per heavy atom. The second kappa shape index (κ2) is 6.90. The molecule has 1 aromatic carbocycles. The summed E-state index contributed by atoms with van der Waals surface area (Å²) in [6.07, 6.45) is -2.20. The van der Waals surface area contributed by atoms with Crippen LogP contribution in [0.25, 0.3) is 0 Å². The number of esters is 1. The van der Waals surface area contributed by atoms with Gasteiger partial charge in [0.2, 0.25) is 0 Å². The van der Waals surface area contributed by atoms with Crippen molar-refractivity contribution in [2.75, 3.05) is 5.32 Å². The molecule has 1 aliphatic heterocycles. The lowest BCUT2D eigenvalue weighted by Gasteiger charge is -2.26. The van der Waals surface area contributed by atoms with Crippen molar-refractivity contribution in [3.63, 3.8) is 0 Å². The van der Waals surface area contributed by atoms with E-state index in [1.165, 1.54) is 6.92 Å². The molecule has 24 heavy (non-hydrogen) atoms. The van der Waals surface area contributed by atoms with Crippen molar-refractivity contribution in [3.8, 4) is 5.75 Å². The summed E-state index contributed by atoms with van der Waals surface area (Å²) in [6.45, 7) is 6.97. The van der Waals surface area contributed by atoms with E-state index < -0.39 is 35.5 Å². The summed E-state index contributed by atoms with van der Waals surface area (Å²) < 4.78 is 10.6. The Kier molecular flexibility index (Phi) is 5.11. The SMILES string of the molecule is C[C@@H](OC(=O)C[C@H]1Oc2ccccc2NC1=O)C(=O)NC(C)(C)C. The van der Waals surface area contributed by atoms with Gasteiger partial charge in [0.15, 0.2) is 12.2 Å². The van der Waals surface area contributed by atoms with Crippen LogP contribution >= 0.6 is 0 Å². The van der Waals surface area contributed by atoms with Crippen LogP contribution in [0.3, 0.4) is 0 Å². The van der Waals surface area contributed by atoms with Gasteiger partial charge in [0, 0.05) is 5.54 Å². The number of carbonyl (C=O) groups is 3. The van der Waals surface area contributed by atoms with Gasteiger partial charge in [-0.3, -0.25) is 14.4 Å². The number of benzene rings is 1. The molecule has 2 amide bonds. The first kappa shape index (κ1) is 17.8. The van der Waals surface area contributed by atoms with Crippen LogP contribution in [0.15, 0.2) is 24.3 Å². The molecule has 0 spiro atoms. The molecule has 7 nitrogen and oxygen atoms in total. The summed E-state index contributed by atoms with van der Waals surface area (Å²) in [7, 11) is 0. The summed E-state index contributed by atoms with van der Waals surface area (Å²) in [6, 6.07) is 6.95. The van der Waals surface area contributed by atoms with Gasteiger partial charge >= 0.3 is 5.97 Å². The van der Waals surface area contributed by atoms with E-state index in [4.69, 9.17) is 9.47 Å². The minimum absolute atomic E-state index is 0.271. The van der Waals surface area contributed by atoms with Crippen LogP contribution in [0.2, 0.25) is 0 Å². The summed E-state index contributed by atoms with van der Waals surface area (Å²) >= 11 is 0. The molecule has 0 aromatic heterocycles. The lowest BCUT2D eigenvalue weighted by atomic mass is 10.1. The number of carbonyl (C=O) groups excluding carboxylic acids is 3. The number of fused-ring (bicyclic) bond motifs is 1. The fourth-order valence-corrected chi connectivity index (χ4v) is 2.15. The van der Waals surface area contributed by atoms with Crippen molar-refractivity contribution < 1.29 is 23.9 Å². The molecular weight excluding hydrogens is 312 g/mol. The Bertz CT molecular complexity index is 651. The van der Waals surface area contributed by atoms with Crippen LogP contribution in [-0.4, -0.2) is 35.5 Å². The number of para-hydroxylation sites is 2. The third-order valence-electron chi connectivity index (χ3n) is 3.23. The Morgan fingerprint density at radius 1 is 1.33 bits per heavy atom. The average Bonchev–Trinajstić information content (AvgIpc) is 2.46. The number of rotatable bonds is 4. The van der Waals surface area contributed by atoms with Crippen LogP contribution < -0.4 is 15.4 Å². The second-order valence-electron chi connectivity index (χ2n) is 6.67. The average molecular weight is 334 g/mol. The zero-order valence-corrected chi connectivity index (χ0v) is 14.2. The van der Waals surface area contributed by atoms with Crippen LogP contribution in [0.4, 0.5) is 5.69 Å². The highest BCUT2D eigenvalue weighted by Crippen LogP contribution is 2.29. The molecule has 0 saturated carbocycles. The van der Waals surface area contributed by atoms with E-state index in [-0.39, 0.29) is 6.42 Å². The summed E-state index contributed by atoms with van der Waals surface area (Å²) in [5.41, 5.74) is 0.137. The molecule has 0 saturated heterocycles. The Balaban J connectivity index is 1.91. The van der Waals surface area contributed by atoms with Gasteiger partial charge in [0.25, 0.3) is 11.8 Å². The minimum Gasteiger partial charge on any atom is -0.478 e. The van der Waals surface area contributed by atoms with Crippen LogP contribution in [0, 0.1) is 0 Å². The second-order valence-corrected chi connectivity index (χ2v) is 6.67. The van der Waals surface area contributed by atoms with Crippen LogP contribution in [0.1, 0.15) is 34.1 Å². The van der Waals surface area contributed by atoms with Crippen molar-refractivity contribution in [3.05, 3.63) is 24.3 Å². The quantitative estimate of drug-likeness (QED) is 0.816. The fourth-order valence-electron chi connectivity index (χ4n) is 2.15. The van der Waals surface area contributed by atoms with Gasteiger partial charge in [-0.25, -0.2) is 0 Å². The van der Waals surface area contributed by atoms with E-state index >= 15 is 0 Å². The molecular formula is C17H22N2O5. The highest BCUT2D eigenvalue weighted by Gasteiger charge is 2.31. The van der Waals surface area contributed by atoms with Gasteiger partial charge in [0.05, 0.1) is 12.1 Å². The first-order chi connectivity index (χ1) is 11.2. The maximum absolute atomic E-state index is 12.0. The number of hydrogen-bond acceptors (Lipinski definition) is 5. The van der Waals surface area contributed by atoms with Crippen molar-refractivity contribution in [1.82, 2.24) is 5.32 Å². The standard InChI is InChI=1S/C17H22N2O5/c1-10(15(21)19-17(2,3)4)23-14(20)9-13-16(22)18-11-7-5-6-8-12(11)24-13/h5-8,10,13H,9H2,1-4H3,(H,18,22)(H,19,21)/t10-,13-/m1/s1. The molecule has 0 bridgehead atoms. The highest BCUT2D eigenvalue weighted by molar-refractivity contribution is 5.99. The van der Waals surface area contributed by atoms with E-state index in [0.717, 1.165) is 0 Å². The molecule has 2 rings (SSSR count). The highest BCUT2D eigenvalue weighted by atomic mass is 16.6. The van der Waals surface area contributed by atoms with E-state index in [1.54, 1.807) is 24.3 Å². The topological polar surface area (TPSA) is 93.7 Å². The third-order valence-corrected chi connectivity index (χ3v) is 3.23. The van der Waals surface area contributed by atoms with Crippen molar-refractivity contribution in [2.45, 2.75) is 51.9 Å². The normalized spacial score (nSPS) is 17.8. The van der Waals surface area contributed by atoms with Crippen molar-refractivity contribution in [1.29, 1.82) is 0 Å². The van der Waals surface area contributed by atoms with Crippen LogP contribution in [0.5, 0.6) is 5.75 Å². The van der Waals surface area contributed by atoms with Crippen molar-refractivity contribution >= 4 is 23.5 Å². The Morgan fingerprint density at radius 3 is 2.67 bits per heavy atom. The summed E-state index contributed by atoms with van der Waals surface area (Å²) in [5, 5.41) is 5.39. The molecule has 130 valence electrons. The first-order valence-electron chi connectivity index (χ1n) is 7.74. The number of anilines is 1. The first-order valence-corrected chi connectivity index (χ1v) is 7.74. The zero-order valence-electron chi connectivity index (χ0n) is 14.2. The smallest absolute Gasteiger partial charge is 0.310 e. The maximum Gasteiger partial charge on any atom is 0.310 e. The number of amides is 2. The molecule has 0 radical (unpaired) electrons. The molecule has 1 heterocycles. The summed E-state index contributed by atoms with van der Waals surface area (Å²) in [5.74, 6) is -0.993. The predicted octanol–water partition coefficient (Wildman–Crippen LogP) is 1.62. The van der Waals surface area contributed by atoms with Crippen molar-refractivity contribution in [2.24, 2.45) is 0 Å². The van der Waals surface area contributed by atoms with Gasteiger partial charge < -0.3 is 20.1 Å². The lowest BCUT2D eigenvalue weighted by molar-refractivity contribution is -0.157. The Hall–Kier alpha value is -2.57. The predicted molar refractivity (Wildman–Crippen MR) is 87.6 cm³/mol. The van der Waals surface area contributed by atoms with Gasteiger partial charge in [-0.05, 0) is 39.8 Å². The molecule has 0 aliphatic carbocycles. The van der Waals surface area contributed by atoms with Gasteiger partial charge in [-0.2, -0.15) is 0 Å². The number of ether oxygens (including phenoxy) is 2. The van der Waals surface area contributed by atoms with Gasteiger partial charge in [-0.15, -0.1) is 0 Å². The largest absolute Gasteiger partial charge is 0.478 e. The number of nitrogens with one attached hydrogen (secondary N) is 2. The minimum atomic E-state index is -0.981. The molecule has 1 aromatic rings. The molecule has 2 N–H and O–H groups in total. The number of hydrogen-bond donors (Lipinski definition) is 2. The van der Waals surface area contributed by atoms with E-state index in [2.05, 4.69) is 10.6 Å². The molecule has 1 aliphatic rings. The van der Waals surface area contributed by atoms with Crippen LogP contribution in [-0.2, 0) is 19.1 Å².